The highest BCUT2D eigenvalue weighted by Crippen LogP contribution is 2.60. The number of anilines is 2. The Hall–Kier alpha value is -4.20. The first-order valence-corrected chi connectivity index (χ1v) is 20.5. The van der Waals surface area contributed by atoms with E-state index in [0.29, 0.717) is 59.9 Å². The van der Waals surface area contributed by atoms with Gasteiger partial charge in [0, 0.05) is 60.7 Å². The second kappa shape index (κ2) is 13.5. The normalized spacial score (nSPS) is 23.6. The predicted octanol–water partition coefficient (Wildman–Crippen LogP) is 5.43. The summed E-state index contributed by atoms with van der Waals surface area (Å²) in [5.41, 5.74) is 3.77. The molecule has 4 aromatic rings. The van der Waals surface area contributed by atoms with E-state index in [1.807, 2.05) is 86.7 Å². The zero-order valence-corrected chi connectivity index (χ0v) is 30.1. The molecule has 4 heterocycles. The summed E-state index contributed by atoms with van der Waals surface area (Å²) in [5, 5.41) is 24.3. The number of rotatable bonds is 10. The van der Waals surface area contributed by atoms with E-state index in [9.17, 15) is 19.5 Å². The van der Waals surface area contributed by atoms with Crippen LogP contribution in [-0.4, -0.2) is 63.5 Å². The molecule has 3 aliphatic rings. The quantitative estimate of drug-likeness (QED) is 0.210. The second-order valence-corrected chi connectivity index (χ2v) is 18.3. The highest BCUT2D eigenvalue weighted by molar-refractivity contribution is 6.71. The molecule has 0 unspecified atom stereocenters. The van der Waals surface area contributed by atoms with E-state index in [-0.39, 0.29) is 36.4 Å². The molecule has 7 rings (SSSR count). The van der Waals surface area contributed by atoms with Crippen molar-refractivity contribution in [3.05, 3.63) is 106 Å². The molecule has 1 fully saturated rings. The monoisotopic (exact) mass is 712 g/mol. The van der Waals surface area contributed by atoms with Gasteiger partial charge in [0.1, 0.15) is 0 Å². The number of carbonyl (C=O) groups is 2. The van der Waals surface area contributed by atoms with Gasteiger partial charge in [-0.15, -0.1) is 5.10 Å². The summed E-state index contributed by atoms with van der Waals surface area (Å²) in [4.78, 5) is 41.3. The number of ether oxygens (including phenoxy) is 1. The molecule has 3 aliphatic heterocycles. The number of aliphatic hydroxyl groups excluding tert-OH is 1. The van der Waals surface area contributed by atoms with Gasteiger partial charge in [-0.05, 0) is 61.0 Å². The minimum atomic E-state index is -2.87. The van der Waals surface area contributed by atoms with Crippen LogP contribution < -0.4 is 9.91 Å². The Morgan fingerprint density at radius 3 is 2.60 bits per heavy atom. The minimum absolute atomic E-state index is 0.0127. The number of amides is 2. The Labute approximate surface area is 297 Å². The van der Waals surface area contributed by atoms with Gasteiger partial charge in [0.25, 0.3) is 5.91 Å². The molecule has 1 saturated heterocycles. The van der Waals surface area contributed by atoms with Gasteiger partial charge in [-0.2, -0.15) is 5.10 Å². The van der Waals surface area contributed by atoms with E-state index < -0.39 is 20.0 Å². The third kappa shape index (κ3) is 6.19. The van der Waals surface area contributed by atoms with E-state index in [1.54, 1.807) is 21.8 Å². The summed E-state index contributed by atoms with van der Waals surface area (Å²) in [6.45, 7) is 6.49. The molecule has 2 amide bonds. The first kappa shape index (κ1) is 34.3. The van der Waals surface area contributed by atoms with Crippen molar-refractivity contribution in [2.75, 3.05) is 16.5 Å². The van der Waals surface area contributed by atoms with Crippen molar-refractivity contribution in [2.24, 2.45) is 11.0 Å². The van der Waals surface area contributed by atoms with Crippen molar-refractivity contribution in [2.45, 2.75) is 76.0 Å². The average molecular weight is 713 g/mol. The van der Waals surface area contributed by atoms with Gasteiger partial charge in [-0.1, -0.05) is 66.2 Å². The number of aryl methyl sites for hydroxylation is 1. The second-order valence-electron chi connectivity index (χ2n) is 13.9. The van der Waals surface area contributed by atoms with E-state index in [1.165, 1.54) is 5.01 Å². The predicted molar refractivity (Wildman–Crippen MR) is 193 cm³/mol. The standard InChI is InChI=1S/C37H41ClN6O5Si/c1-24-35(50(2,3)48)33(16-18-42-23-28(17-19-45)39-41-42)49-37(24)30-21-27(38)12-14-32(30)43(36(37)47)22-25-8-7-11-29(20-25)44-34(46)15-13-31(40-44)26-9-5-4-6-10-26/h4-12,14,20-21,23-24,33,35,45,48H,13,15-19,22H2,1-3H3/t24-,33+,35-,37+/m0/s1. The maximum Gasteiger partial charge on any atom is 0.264 e. The van der Waals surface area contributed by atoms with Gasteiger partial charge in [0.2, 0.25) is 5.91 Å². The molecule has 2 N–H and O–H groups in total. The van der Waals surface area contributed by atoms with Crippen LogP contribution in [0.4, 0.5) is 11.4 Å². The van der Waals surface area contributed by atoms with Crippen molar-refractivity contribution in [3.8, 4) is 0 Å². The minimum Gasteiger partial charge on any atom is -0.432 e. The smallest absolute Gasteiger partial charge is 0.264 e. The molecule has 0 aliphatic carbocycles. The number of hydrogen-bond acceptors (Lipinski definition) is 8. The molecule has 50 heavy (non-hydrogen) atoms. The molecule has 0 radical (unpaired) electrons. The van der Waals surface area contributed by atoms with Gasteiger partial charge >= 0.3 is 0 Å². The molecule has 260 valence electrons. The lowest BCUT2D eigenvalue weighted by Crippen LogP contribution is -2.46. The van der Waals surface area contributed by atoms with Crippen LogP contribution in [0, 0.1) is 5.92 Å². The maximum absolute atomic E-state index is 14.9. The number of hydrazone groups is 1. The molecule has 11 nitrogen and oxygen atoms in total. The van der Waals surface area contributed by atoms with Crippen molar-refractivity contribution in [1.82, 2.24) is 15.0 Å². The first-order valence-electron chi connectivity index (χ1n) is 17.1. The molecular weight excluding hydrogens is 672 g/mol. The Kier molecular flexibility index (Phi) is 9.25. The number of aliphatic hydroxyl groups is 1. The van der Waals surface area contributed by atoms with Gasteiger partial charge < -0.3 is 19.5 Å². The number of fused-ring (bicyclic) bond motifs is 2. The molecule has 0 saturated carbocycles. The van der Waals surface area contributed by atoms with Gasteiger partial charge in [0.15, 0.2) is 13.9 Å². The molecule has 3 aromatic carbocycles. The number of hydrogen-bond donors (Lipinski definition) is 2. The zero-order chi connectivity index (χ0) is 35.2. The summed E-state index contributed by atoms with van der Waals surface area (Å²) in [6.07, 6.45) is 3.22. The number of benzene rings is 3. The Bertz CT molecular complexity index is 1950. The van der Waals surface area contributed by atoms with Crippen LogP contribution in [0.2, 0.25) is 23.7 Å². The molecule has 4 atom stereocenters. The Morgan fingerprint density at radius 1 is 1.04 bits per heavy atom. The van der Waals surface area contributed by atoms with Crippen LogP contribution in [0.1, 0.15) is 48.6 Å². The Balaban J connectivity index is 1.19. The fraction of sp³-hybridized carbons (Fsp3) is 0.378. The molecule has 13 heteroatoms. The number of aromatic nitrogens is 3. The third-order valence-electron chi connectivity index (χ3n) is 10.2. The largest absolute Gasteiger partial charge is 0.432 e. The van der Waals surface area contributed by atoms with Crippen LogP contribution >= 0.6 is 11.6 Å². The van der Waals surface area contributed by atoms with Gasteiger partial charge in [-0.25, -0.2) is 5.01 Å². The fourth-order valence-corrected chi connectivity index (χ4v) is 10.7. The van der Waals surface area contributed by atoms with E-state index in [4.69, 9.17) is 21.4 Å². The van der Waals surface area contributed by atoms with E-state index in [2.05, 4.69) is 10.3 Å². The molecule has 0 bridgehead atoms. The summed E-state index contributed by atoms with van der Waals surface area (Å²) >= 11 is 6.58. The van der Waals surface area contributed by atoms with E-state index in [0.717, 1.165) is 16.8 Å². The third-order valence-corrected chi connectivity index (χ3v) is 12.9. The first-order chi connectivity index (χ1) is 24.0. The zero-order valence-electron chi connectivity index (χ0n) is 28.4. The SMILES string of the molecule is C[C@H]1[C@H]([Si](C)(C)O)[C@@H](CCn2cc(CCO)nn2)O[C@]12C(=O)N(Cc1cccc(N3N=C(c4ccccc4)CCC3=O)c1)c1ccc(Cl)cc12. The topological polar surface area (TPSA) is 133 Å². The van der Waals surface area contributed by atoms with Crippen molar-refractivity contribution < 1.29 is 24.2 Å². The highest BCUT2D eigenvalue weighted by atomic mass is 35.5. The molecule has 1 aromatic heterocycles. The lowest BCUT2D eigenvalue weighted by Gasteiger charge is -2.32. The summed E-state index contributed by atoms with van der Waals surface area (Å²) in [5.74, 6) is -0.643. The maximum atomic E-state index is 14.9. The van der Waals surface area contributed by atoms with Crippen molar-refractivity contribution >= 4 is 48.8 Å². The van der Waals surface area contributed by atoms with Crippen LogP contribution in [0.25, 0.3) is 0 Å². The number of carbonyl (C=O) groups excluding carboxylic acids is 2. The van der Waals surface area contributed by atoms with Crippen LogP contribution in [-0.2, 0) is 39.4 Å². The highest BCUT2D eigenvalue weighted by Gasteiger charge is 2.66. The summed E-state index contributed by atoms with van der Waals surface area (Å²) in [7, 11) is -2.87. The lowest BCUT2D eigenvalue weighted by molar-refractivity contribution is -0.146. The van der Waals surface area contributed by atoms with Gasteiger partial charge in [0.05, 0.1) is 35.4 Å². The summed E-state index contributed by atoms with van der Waals surface area (Å²) in [6, 6.07) is 22.9. The van der Waals surface area contributed by atoms with Crippen LogP contribution in [0.5, 0.6) is 0 Å². The van der Waals surface area contributed by atoms with E-state index >= 15 is 0 Å². The lowest BCUT2D eigenvalue weighted by atomic mass is 9.82. The fourth-order valence-electron chi connectivity index (χ4n) is 7.97. The number of nitrogens with zero attached hydrogens (tertiary/aromatic N) is 6. The van der Waals surface area contributed by atoms with Gasteiger partial charge in [-0.3, -0.25) is 14.3 Å². The van der Waals surface area contributed by atoms with Crippen molar-refractivity contribution in [1.29, 1.82) is 0 Å². The van der Waals surface area contributed by atoms with Crippen LogP contribution in [0.3, 0.4) is 0 Å². The molecule has 1 spiro atoms. The molecular formula is C37H41ClN6O5Si. The average Bonchev–Trinajstić information content (AvgIpc) is 3.74. The summed E-state index contributed by atoms with van der Waals surface area (Å²) < 4.78 is 8.65. The number of halogens is 1. The van der Waals surface area contributed by atoms with Crippen molar-refractivity contribution in [3.63, 3.8) is 0 Å². The Morgan fingerprint density at radius 2 is 1.84 bits per heavy atom. The van der Waals surface area contributed by atoms with Crippen LogP contribution in [0.15, 0.2) is 84.1 Å².